The van der Waals surface area contributed by atoms with E-state index in [2.05, 4.69) is 4.98 Å². The third-order valence-corrected chi connectivity index (χ3v) is 6.79. The summed E-state index contributed by atoms with van der Waals surface area (Å²) in [7, 11) is -0.583. The van der Waals surface area contributed by atoms with Crippen LogP contribution in [0.25, 0.3) is 11.0 Å². The van der Waals surface area contributed by atoms with Crippen molar-refractivity contribution in [3.05, 3.63) is 53.9 Å². The number of fused-ring (bicyclic) bond motifs is 1. The van der Waals surface area contributed by atoms with Crippen LogP contribution in [0.4, 0.5) is 0 Å². The summed E-state index contributed by atoms with van der Waals surface area (Å²) in [4.78, 5) is 16.9. The number of carbonyl (C=O) groups excluding carboxylic acids is 1. The van der Waals surface area contributed by atoms with Crippen LogP contribution >= 0.6 is 0 Å². The first kappa shape index (κ1) is 23.7. The summed E-state index contributed by atoms with van der Waals surface area (Å²) < 4.78 is 39.0. The number of hydrogen-bond donors (Lipinski definition) is 0. The van der Waals surface area contributed by atoms with Crippen LogP contribution in [0.15, 0.2) is 47.4 Å². The number of aromatic nitrogens is 2. The van der Waals surface area contributed by atoms with E-state index in [1.165, 1.54) is 18.4 Å². The van der Waals surface area contributed by atoms with E-state index in [-0.39, 0.29) is 30.5 Å². The molecule has 3 aromatic rings. The maximum Gasteiger partial charge on any atom is 0.309 e. The van der Waals surface area contributed by atoms with E-state index in [0.717, 1.165) is 17.5 Å². The minimum Gasteiger partial charge on any atom is -0.493 e. The van der Waals surface area contributed by atoms with E-state index >= 15 is 0 Å². The Bertz CT molecular complexity index is 1180. The average molecular weight is 460 g/mol. The molecule has 1 aromatic heterocycles. The van der Waals surface area contributed by atoms with Crippen molar-refractivity contribution in [3.8, 4) is 5.75 Å². The fourth-order valence-corrected chi connectivity index (χ4v) is 4.14. The van der Waals surface area contributed by atoms with Crippen molar-refractivity contribution in [1.82, 2.24) is 13.9 Å². The Morgan fingerprint density at radius 3 is 2.50 bits per heavy atom. The van der Waals surface area contributed by atoms with Crippen molar-refractivity contribution in [1.29, 1.82) is 0 Å². The summed E-state index contributed by atoms with van der Waals surface area (Å²) in [6.07, 6.45) is 0.974. The predicted molar refractivity (Wildman–Crippen MR) is 122 cm³/mol. The lowest BCUT2D eigenvalue weighted by Gasteiger charge is -2.11. The number of imidazole rings is 1. The third-order valence-electron chi connectivity index (χ3n) is 4.98. The highest BCUT2D eigenvalue weighted by Crippen LogP contribution is 2.23. The van der Waals surface area contributed by atoms with Crippen LogP contribution in [0.5, 0.6) is 5.75 Å². The van der Waals surface area contributed by atoms with E-state index < -0.39 is 10.0 Å². The average Bonchev–Trinajstić information content (AvgIpc) is 3.10. The number of sulfonamides is 1. The summed E-state index contributed by atoms with van der Waals surface area (Å²) in [5.74, 6) is 0.897. The Labute approximate surface area is 188 Å². The van der Waals surface area contributed by atoms with Gasteiger partial charge in [0.2, 0.25) is 10.0 Å². The van der Waals surface area contributed by atoms with Gasteiger partial charge in [0.05, 0.1) is 29.0 Å². The third kappa shape index (κ3) is 5.46. The van der Waals surface area contributed by atoms with Crippen LogP contribution in [0.1, 0.15) is 31.2 Å². The zero-order chi connectivity index (χ0) is 23.3. The first-order valence-electron chi connectivity index (χ1n) is 10.5. The Balaban J connectivity index is 1.68. The fraction of sp³-hybridized carbons (Fsp3) is 0.391. The second kappa shape index (κ2) is 10.1. The molecule has 0 aliphatic carbocycles. The molecule has 172 valence electrons. The van der Waals surface area contributed by atoms with E-state index in [9.17, 15) is 13.2 Å². The predicted octanol–water partition coefficient (Wildman–Crippen LogP) is 3.52. The molecular weight excluding hydrogens is 430 g/mol. The molecule has 0 unspecified atom stereocenters. The van der Waals surface area contributed by atoms with E-state index in [0.29, 0.717) is 23.6 Å². The van der Waals surface area contributed by atoms with Crippen molar-refractivity contribution in [2.24, 2.45) is 0 Å². The summed E-state index contributed by atoms with van der Waals surface area (Å²) >= 11 is 0. The van der Waals surface area contributed by atoms with Crippen LogP contribution < -0.4 is 4.74 Å². The second-order valence-corrected chi connectivity index (χ2v) is 9.84. The number of benzene rings is 2. The van der Waals surface area contributed by atoms with Crippen LogP contribution in [0.2, 0.25) is 0 Å². The monoisotopic (exact) mass is 459 g/mol. The van der Waals surface area contributed by atoms with Crippen LogP contribution in [0.3, 0.4) is 0 Å². The lowest BCUT2D eigenvalue weighted by molar-refractivity contribution is -0.145. The first-order chi connectivity index (χ1) is 15.2. The van der Waals surface area contributed by atoms with Gasteiger partial charge in [-0.1, -0.05) is 24.6 Å². The number of esters is 1. The maximum atomic E-state index is 12.4. The van der Waals surface area contributed by atoms with Gasteiger partial charge in [-0.2, -0.15) is 0 Å². The number of ether oxygens (including phenoxy) is 2. The molecule has 0 aliphatic heterocycles. The molecule has 0 fully saturated rings. The van der Waals surface area contributed by atoms with Crippen molar-refractivity contribution in [2.75, 3.05) is 20.7 Å². The molecule has 0 saturated carbocycles. The van der Waals surface area contributed by atoms with Gasteiger partial charge in [0, 0.05) is 20.6 Å². The Kier molecular flexibility index (Phi) is 7.52. The van der Waals surface area contributed by atoms with Crippen LogP contribution in [0, 0.1) is 6.92 Å². The van der Waals surface area contributed by atoms with Gasteiger partial charge in [-0.25, -0.2) is 17.7 Å². The number of hydrogen-bond acceptors (Lipinski definition) is 6. The molecule has 9 heteroatoms. The minimum absolute atomic E-state index is 0.00775. The van der Waals surface area contributed by atoms with Gasteiger partial charge in [-0.15, -0.1) is 0 Å². The quantitative estimate of drug-likeness (QED) is 0.431. The summed E-state index contributed by atoms with van der Waals surface area (Å²) in [6.45, 7) is 4.94. The molecule has 0 saturated heterocycles. The largest absolute Gasteiger partial charge is 0.493 e. The molecule has 0 radical (unpaired) electrons. The molecule has 1 heterocycles. The Morgan fingerprint density at radius 2 is 1.84 bits per heavy atom. The molecule has 0 bridgehead atoms. The molecule has 32 heavy (non-hydrogen) atoms. The Hall–Kier alpha value is -2.91. The molecule has 2 aromatic carbocycles. The SMILES string of the molecule is CCCn1c(COC(=O)CCOc2ccc(C)cc2)nc2cc(S(=O)(=O)N(C)C)ccc21. The van der Waals surface area contributed by atoms with E-state index in [1.54, 1.807) is 18.2 Å². The van der Waals surface area contributed by atoms with Crippen LogP contribution in [-0.2, 0) is 32.7 Å². The maximum absolute atomic E-state index is 12.4. The minimum atomic E-state index is -3.56. The first-order valence-corrected chi connectivity index (χ1v) is 11.9. The van der Waals surface area contributed by atoms with E-state index in [4.69, 9.17) is 9.47 Å². The van der Waals surface area contributed by atoms with Gasteiger partial charge >= 0.3 is 5.97 Å². The second-order valence-electron chi connectivity index (χ2n) is 7.69. The number of aryl methyl sites for hydroxylation is 2. The van der Waals surface area contributed by atoms with Crippen molar-refractivity contribution in [2.45, 2.75) is 44.7 Å². The standard InChI is InChI=1S/C23H29N3O5S/c1-5-13-26-21-11-10-19(32(28,29)25(3)4)15-20(21)24-22(26)16-31-23(27)12-14-30-18-8-6-17(2)7-9-18/h6-11,15H,5,12-14,16H2,1-4H3. The zero-order valence-corrected chi connectivity index (χ0v) is 19.7. The molecule has 0 amide bonds. The van der Waals surface area contributed by atoms with Gasteiger partial charge < -0.3 is 14.0 Å². The highest BCUT2D eigenvalue weighted by atomic mass is 32.2. The Morgan fingerprint density at radius 1 is 1.12 bits per heavy atom. The number of nitrogens with zero attached hydrogens (tertiary/aromatic N) is 3. The van der Waals surface area contributed by atoms with Crippen molar-refractivity contribution < 1.29 is 22.7 Å². The van der Waals surface area contributed by atoms with E-state index in [1.807, 2.05) is 42.7 Å². The number of carbonyl (C=O) groups is 1. The van der Waals surface area contributed by atoms with Gasteiger partial charge in [-0.05, 0) is 43.7 Å². The summed E-state index contributed by atoms with van der Waals surface area (Å²) in [5, 5.41) is 0. The lowest BCUT2D eigenvalue weighted by atomic mass is 10.2. The van der Waals surface area contributed by atoms with Gasteiger partial charge in [-0.3, -0.25) is 4.79 Å². The summed E-state index contributed by atoms with van der Waals surface area (Å²) in [5.41, 5.74) is 2.49. The topological polar surface area (TPSA) is 90.7 Å². The molecule has 0 N–H and O–H groups in total. The molecule has 0 atom stereocenters. The van der Waals surface area contributed by atoms with Crippen molar-refractivity contribution >= 4 is 27.0 Å². The highest BCUT2D eigenvalue weighted by Gasteiger charge is 2.20. The van der Waals surface area contributed by atoms with Gasteiger partial charge in [0.1, 0.15) is 18.2 Å². The van der Waals surface area contributed by atoms with Crippen LogP contribution in [-0.4, -0.2) is 48.9 Å². The van der Waals surface area contributed by atoms with Crippen molar-refractivity contribution in [3.63, 3.8) is 0 Å². The molecule has 0 aliphatic rings. The lowest BCUT2D eigenvalue weighted by Crippen LogP contribution is -2.22. The molecule has 0 spiro atoms. The molecule has 3 rings (SSSR count). The smallest absolute Gasteiger partial charge is 0.309 e. The normalized spacial score (nSPS) is 11.8. The number of rotatable bonds is 10. The molecule has 8 nitrogen and oxygen atoms in total. The summed E-state index contributed by atoms with van der Waals surface area (Å²) in [6, 6.07) is 12.5. The molecular formula is C23H29N3O5S. The highest BCUT2D eigenvalue weighted by molar-refractivity contribution is 7.89. The van der Waals surface area contributed by atoms with Gasteiger partial charge in [0.25, 0.3) is 0 Å². The van der Waals surface area contributed by atoms with Gasteiger partial charge in [0.15, 0.2) is 0 Å². The fourth-order valence-electron chi connectivity index (χ4n) is 3.22. The zero-order valence-electron chi connectivity index (χ0n) is 18.9.